The first-order chi connectivity index (χ1) is 8.25. The fraction of sp³-hybridized carbons (Fsp3) is 0.400. The molecule has 1 heterocycles. The van der Waals surface area contributed by atoms with Gasteiger partial charge in [-0.1, -0.05) is 25.4 Å². The van der Waals surface area contributed by atoms with E-state index in [1.54, 1.807) is 13.8 Å². The lowest BCUT2D eigenvalue weighted by Crippen LogP contribution is -2.44. The van der Waals surface area contributed by atoms with Gasteiger partial charge in [-0.3, -0.25) is 4.79 Å². The van der Waals surface area contributed by atoms with Gasteiger partial charge in [0.05, 0.1) is 0 Å². The molecule has 8 heteroatoms. The molecule has 1 aromatic heterocycles. The Balaban J connectivity index is 3.09. The largest absolute Gasteiger partial charge is 0.480 e. The predicted octanol–water partition coefficient (Wildman–Crippen LogP) is 1.12. The Hall–Kier alpha value is -1.18. The van der Waals surface area contributed by atoms with E-state index in [4.69, 9.17) is 16.7 Å². The first-order valence-electron chi connectivity index (χ1n) is 5.11. The molecule has 100 valence electrons. The van der Waals surface area contributed by atoms with Crippen molar-refractivity contribution in [3.63, 3.8) is 0 Å². The summed E-state index contributed by atoms with van der Waals surface area (Å²) in [5.74, 6) is -1.64. The maximum atomic E-state index is 12.0. The Morgan fingerprint density at radius 1 is 1.50 bits per heavy atom. The SMILES string of the molecule is CC(C)C(NS(=O)(=O)c1cccnc1Cl)C(=O)O. The highest BCUT2D eigenvalue weighted by Gasteiger charge is 2.29. The van der Waals surface area contributed by atoms with E-state index in [1.165, 1.54) is 18.3 Å². The van der Waals surface area contributed by atoms with Gasteiger partial charge in [0.25, 0.3) is 0 Å². The monoisotopic (exact) mass is 292 g/mol. The van der Waals surface area contributed by atoms with Crippen LogP contribution in [-0.4, -0.2) is 30.5 Å². The van der Waals surface area contributed by atoms with Gasteiger partial charge in [-0.15, -0.1) is 0 Å². The van der Waals surface area contributed by atoms with Crippen LogP contribution in [0.1, 0.15) is 13.8 Å². The van der Waals surface area contributed by atoms with Gasteiger partial charge in [-0.25, -0.2) is 13.4 Å². The van der Waals surface area contributed by atoms with E-state index in [2.05, 4.69) is 9.71 Å². The molecule has 0 bridgehead atoms. The van der Waals surface area contributed by atoms with E-state index in [-0.39, 0.29) is 10.0 Å². The van der Waals surface area contributed by atoms with E-state index in [0.717, 1.165) is 0 Å². The zero-order valence-electron chi connectivity index (χ0n) is 9.79. The quantitative estimate of drug-likeness (QED) is 0.793. The molecule has 0 aromatic carbocycles. The lowest BCUT2D eigenvalue weighted by atomic mass is 10.1. The Morgan fingerprint density at radius 2 is 2.11 bits per heavy atom. The van der Waals surface area contributed by atoms with Gasteiger partial charge in [0, 0.05) is 6.20 Å². The van der Waals surface area contributed by atoms with E-state index in [9.17, 15) is 13.2 Å². The molecule has 0 saturated carbocycles. The summed E-state index contributed by atoms with van der Waals surface area (Å²) in [6.45, 7) is 3.21. The lowest BCUT2D eigenvalue weighted by Gasteiger charge is -2.18. The molecule has 6 nitrogen and oxygen atoms in total. The number of nitrogens with one attached hydrogen (secondary N) is 1. The molecular weight excluding hydrogens is 280 g/mol. The maximum absolute atomic E-state index is 12.0. The Morgan fingerprint density at radius 3 is 2.56 bits per heavy atom. The fourth-order valence-electron chi connectivity index (χ4n) is 1.27. The zero-order valence-corrected chi connectivity index (χ0v) is 11.4. The molecule has 18 heavy (non-hydrogen) atoms. The number of aliphatic carboxylic acids is 1. The number of aromatic nitrogens is 1. The summed E-state index contributed by atoms with van der Waals surface area (Å²) in [5.41, 5.74) is 0. The molecular formula is C10H13ClN2O4S. The number of hydrogen-bond donors (Lipinski definition) is 2. The smallest absolute Gasteiger partial charge is 0.322 e. The fourth-order valence-corrected chi connectivity index (χ4v) is 3.06. The number of halogens is 1. The standard InChI is InChI=1S/C10H13ClN2O4S/c1-6(2)8(10(14)15)13-18(16,17)7-4-3-5-12-9(7)11/h3-6,8,13H,1-2H3,(H,14,15). The Bertz CT molecular complexity index is 545. The molecule has 0 spiro atoms. The van der Waals surface area contributed by atoms with Crippen molar-refractivity contribution in [2.75, 3.05) is 0 Å². The average molecular weight is 293 g/mol. The topological polar surface area (TPSA) is 96.4 Å². The molecule has 0 aliphatic carbocycles. The van der Waals surface area contributed by atoms with Gasteiger partial charge in [0.15, 0.2) is 0 Å². The molecule has 0 aliphatic heterocycles. The van der Waals surface area contributed by atoms with Gasteiger partial charge in [-0.2, -0.15) is 4.72 Å². The van der Waals surface area contributed by atoms with Crippen LogP contribution < -0.4 is 4.72 Å². The van der Waals surface area contributed by atoms with Crippen molar-refractivity contribution < 1.29 is 18.3 Å². The third-order valence-electron chi connectivity index (χ3n) is 2.23. The molecule has 0 amide bonds. The van der Waals surface area contributed by atoms with E-state index < -0.39 is 28.0 Å². The molecule has 1 aromatic rings. The molecule has 0 fully saturated rings. The predicted molar refractivity (Wildman–Crippen MR) is 65.8 cm³/mol. The van der Waals surface area contributed by atoms with E-state index in [1.807, 2.05) is 0 Å². The number of rotatable bonds is 5. The first kappa shape index (κ1) is 14.9. The summed E-state index contributed by atoms with van der Waals surface area (Å²) in [7, 11) is -4.01. The highest BCUT2D eigenvalue weighted by atomic mass is 35.5. The maximum Gasteiger partial charge on any atom is 0.322 e. The number of sulfonamides is 1. The summed E-state index contributed by atoms with van der Waals surface area (Å²) in [4.78, 5) is 14.4. The van der Waals surface area contributed by atoms with Crippen LogP contribution in [0.3, 0.4) is 0 Å². The van der Waals surface area contributed by atoms with E-state index in [0.29, 0.717) is 0 Å². The number of carbonyl (C=O) groups is 1. The van der Waals surface area contributed by atoms with Crippen molar-refractivity contribution in [1.29, 1.82) is 0 Å². The molecule has 1 atom stereocenters. The van der Waals surface area contributed by atoms with Crippen LogP contribution in [0.5, 0.6) is 0 Å². The second-order valence-electron chi connectivity index (χ2n) is 3.97. The van der Waals surface area contributed by atoms with Crippen molar-refractivity contribution >= 4 is 27.6 Å². The molecule has 1 rings (SSSR count). The number of carboxylic acid groups (broad SMARTS) is 1. The molecule has 0 aliphatic rings. The molecule has 1 unspecified atom stereocenters. The van der Waals surface area contributed by atoms with Crippen LogP contribution in [0.4, 0.5) is 0 Å². The molecule has 0 saturated heterocycles. The van der Waals surface area contributed by atoms with Crippen LogP contribution in [0.25, 0.3) is 0 Å². The zero-order chi connectivity index (χ0) is 13.9. The third-order valence-corrected chi connectivity index (χ3v) is 4.12. The third kappa shape index (κ3) is 3.41. The minimum Gasteiger partial charge on any atom is -0.480 e. The first-order valence-corrected chi connectivity index (χ1v) is 6.97. The van der Waals surface area contributed by atoms with Gasteiger partial charge in [0.2, 0.25) is 10.0 Å². The number of pyridine rings is 1. The number of carboxylic acids is 1. The van der Waals surface area contributed by atoms with Crippen molar-refractivity contribution in [3.8, 4) is 0 Å². The highest BCUT2D eigenvalue weighted by molar-refractivity contribution is 7.89. The lowest BCUT2D eigenvalue weighted by molar-refractivity contribution is -0.140. The van der Waals surface area contributed by atoms with Gasteiger partial charge >= 0.3 is 5.97 Å². The molecule has 0 radical (unpaired) electrons. The Labute approximate surface area is 110 Å². The van der Waals surface area contributed by atoms with Crippen LogP contribution in [0, 0.1) is 5.92 Å². The number of hydrogen-bond acceptors (Lipinski definition) is 4. The van der Waals surface area contributed by atoms with Crippen molar-refractivity contribution in [1.82, 2.24) is 9.71 Å². The van der Waals surface area contributed by atoms with Crippen LogP contribution in [0.15, 0.2) is 23.2 Å². The summed E-state index contributed by atoms with van der Waals surface area (Å²) in [5, 5.41) is 8.75. The molecule has 2 N–H and O–H groups in total. The summed E-state index contributed by atoms with van der Waals surface area (Å²) >= 11 is 5.67. The van der Waals surface area contributed by atoms with Gasteiger partial charge in [0.1, 0.15) is 16.1 Å². The second-order valence-corrected chi connectivity index (χ2v) is 6.01. The highest BCUT2D eigenvalue weighted by Crippen LogP contribution is 2.18. The Kier molecular flexibility index (Phi) is 4.66. The summed E-state index contributed by atoms with van der Waals surface area (Å²) in [6.07, 6.45) is 1.35. The second kappa shape index (κ2) is 5.64. The van der Waals surface area contributed by atoms with Crippen LogP contribution >= 0.6 is 11.6 Å². The number of nitrogens with zero attached hydrogens (tertiary/aromatic N) is 1. The van der Waals surface area contributed by atoms with Gasteiger partial charge in [-0.05, 0) is 18.1 Å². The minimum atomic E-state index is -4.01. The van der Waals surface area contributed by atoms with E-state index >= 15 is 0 Å². The summed E-state index contributed by atoms with van der Waals surface area (Å²) < 4.78 is 26.0. The average Bonchev–Trinajstić information content (AvgIpc) is 2.25. The van der Waals surface area contributed by atoms with Crippen molar-refractivity contribution in [2.45, 2.75) is 24.8 Å². The summed E-state index contributed by atoms with van der Waals surface area (Å²) in [6, 6.07) is 1.45. The minimum absolute atomic E-state index is 0.196. The van der Waals surface area contributed by atoms with Crippen molar-refractivity contribution in [3.05, 3.63) is 23.5 Å². The van der Waals surface area contributed by atoms with Crippen molar-refractivity contribution in [2.24, 2.45) is 5.92 Å². The van der Waals surface area contributed by atoms with Crippen LogP contribution in [0.2, 0.25) is 5.15 Å². The van der Waals surface area contributed by atoms with Gasteiger partial charge < -0.3 is 5.11 Å². The van der Waals surface area contributed by atoms with Crippen LogP contribution in [-0.2, 0) is 14.8 Å². The normalized spacial score (nSPS) is 13.6.